The van der Waals surface area contributed by atoms with Crippen LogP contribution in [0.3, 0.4) is 0 Å². The largest absolute Gasteiger partial charge is 0.484 e. The van der Waals surface area contributed by atoms with Gasteiger partial charge >= 0.3 is 5.69 Å². The van der Waals surface area contributed by atoms with E-state index in [2.05, 4.69) is 11.8 Å². The molecule has 2 aliphatic heterocycles. The lowest BCUT2D eigenvalue weighted by atomic mass is 9.90. The molecule has 4 rings (SSSR count). The van der Waals surface area contributed by atoms with Crippen molar-refractivity contribution < 1.29 is 14.5 Å². The first-order chi connectivity index (χ1) is 14.8. The molecule has 6 nitrogen and oxygen atoms in total. The summed E-state index contributed by atoms with van der Waals surface area (Å²) in [4.78, 5) is 28.4. The minimum absolute atomic E-state index is 0.0793. The van der Waals surface area contributed by atoms with Crippen LogP contribution < -0.4 is 4.74 Å². The van der Waals surface area contributed by atoms with E-state index in [0.717, 1.165) is 30.0 Å². The van der Waals surface area contributed by atoms with E-state index in [1.165, 1.54) is 24.2 Å². The van der Waals surface area contributed by atoms with Gasteiger partial charge in [-0.15, -0.1) is 11.8 Å². The fraction of sp³-hybridized carbons (Fsp3) is 0.458. The smallest absolute Gasteiger partial charge is 0.311 e. The second-order valence-corrected chi connectivity index (χ2v) is 10.4. The fourth-order valence-electron chi connectivity index (χ4n) is 4.56. The summed E-state index contributed by atoms with van der Waals surface area (Å²) in [7, 11) is 0. The Hall–Kier alpha value is -2.38. The van der Waals surface area contributed by atoms with E-state index >= 15 is 0 Å². The Labute approximate surface area is 187 Å². The molecule has 0 bridgehead atoms. The number of thioether (sulfide) groups is 1. The van der Waals surface area contributed by atoms with Gasteiger partial charge in [0, 0.05) is 24.1 Å². The van der Waals surface area contributed by atoms with E-state index in [-0.39, 0.29) is 23.8 Å². The second-order valence-electron chi connectivity index (χ2n) is 8.93. The predicted molar refractivity (Wildman–Crippen MR) is 122 cm³/mol. The van der Waals surface area contributed by atoms with Crippen LogP contribution in [-0.2, 0) is 0 Å². The average molecular weight is 441 g/mol. The van der Waals surface area contributed by atoms with Gasteiger partial charge in [-0.25, -0.2) is 0 Å². The van der Waals surface area contributed by atoms with E-state index < -0.39 is 9.67 Å². The van der Waals surface area contributed by atoms with Crippen molar-refractivity contribution in [3.05, 3.63) is 63.2 Å². The molecule has 0 aliphatic carbocycles. The lowest BCUT2D eigenvalue weighted by Crippen LogP contribution is -2.54. The van der Waals surface area contributed by atoms with Crippen molar-refractivity contribution in [3.63, 3.8) is 0 Å². The fourth-order valence-corrected chi connectivity index (χ4v) is 5.85. The summed E-state index contributed by atoms with van der Waals surface area (Å²) >= 11 is 1.52. The molecule has 1 fully saturated rings. The van der Waals surface area contributed by atoms with Crippen molar-refractivity contribution in [3.8, 4) is 5.75 Å². The highest BCUT2D eigenvalue weighted by Crippen LogP contribution is 2.45. The number of rotatable bonds is 5. The minimum atomic E-state index is -0.846. The van der Waals surface area contributed by atoms with Crippen LogP contribution in [0, 0.1) is 29.9 Å². The number of likely N-dealkylation sites (tertiary alicyclic amines) is 1. The minimum Gasteiger partial charge on any atom is -0.484 e. The molecule has 0 aromatic heterocycles. The molecular formula is C24H28N2O4S. The molecule has 1 saturated heterocycles. The third kappa shape index (κ3) is 4.48. The van der Waals surface area contributed by atoms with Gasteiger partial charge in [-0.05, 0) is 62.9 Å². The first kappa shape index (κ1) is 21.8. The maximum absolute atomic E-state index is 13.9. The zero-order valence-corrected chi connectivity index (χ0v) is 19.0. The number of hydrogen-bond donors (Lipinski definition) is 0. The van der Waals surface area contributed by atoms with Gasteiger partial charge in [0.2, 0.25) is 5.75 Å². The van der Waals surface area contributed by atoms with Gasteiger partial charge in [0.05, 0.1) is 10.5 Å². The Morgan fingerprint density at radius 3 is 2.65 bits per heavy atom. The molecule has 0 amide bonds. The molecule has 0 saturated carbocycles. The summed E-state index contributed by atoms with van der Waals surface area (Å²) in [5.74, 6) is 0.613. The number of nitro groups is 1. The molecule has 2 aromatic carbocycles. The van der Waals surface area contributed by atoms with Gasteiger partial charge < -0.3 is 9.64 Å². The normalized spacial score (nSPS) is 23.8. The SMILES string of the molecule is Cc1ccc(S[C@]2(CN3CCC[C@@H](C)C3)COc3c(cc(C)cc3[N+](=O)[O-])C2=O)cc1. The van der Waals surface area contributed by atoms with Crippen LogP contribution in [0.1, 0.15) is 41.3 Å². The van der Waals surface area contributed by atoms with Crippen LogP contribution in [0.4, 0.5) is 5.69 Å². The summed E-state index contributed by atoms with van der Waals surface area (Å²) in [5, 5.41) is 11.6. The van der Waals surface area contributed by atoms with Crippen molar-refractivity contribution >= 4 is 23.2 Å². The number of carbonyl (C=O) groups excluding carboxylic acids is 1. The van der Waals surface area contributed by atoms with Gasteiger partial charge in [0.15, 0.2) is 5.78 Å². The summed E-state index contributed by atoms with van der Waals surface area (Å²) in [5.41, 5.74) is 2.03. The zero-order valence-electron chi connectivity index (χ0n) is 18.2. The number of carbonyl (C=O) groups is 1. The van der Waals surface area contributed by atoms with Crippen LogP contribution in [0.15, 0.2) is 41.3 Å². The van der Waals surface area contributed by atoms with Crippen LogP contribution in [0.25, 0.3) is 0 Å². The van der Waals surface area contributed by atoms with Crippen LogP contribution >= 0.6 is 11.8 Å². The maximum atomic E-state index is 13.9. The molecule has 0 radical (unpaired) electrons. The second kappa shape index (κ2) is 8.63. The first-order valence-electron chi connectivity index (χ1n) is 10.7. The van der Waals surface area contributed by atoms with Crippen LogP contribution in [0.5, 0.6) is 5.75 Å². The Morgan fingerprint density at radius 1 is 1.23 bits per heavy atom. The highest BCUT2D eigenvalue weighted by atomic mass is 32.2. The van der Waals surface area contributed by atoms with Crippen LogP contribution in [-0.4, -0.2) is 46.6 Å². The molecule has 31 heavy (non-hydrogen) atoms. The van der Waals surface area contributed by atoms with Crippen molar-refractivity contribution in [2.24, 2.45) is 5.92 Å². The third-order valence-electron chi connectivity index (χ3n) is 6.07. The van der Waals surface area contributed by atoms with E-state index in [1.807, 2.05) is 31.2 Å². The number of nitro benzene ring substituents is 1. The van der Waals surface area contributed by atoms with Gasteiger partial charge in [-0.1, -0.05) is 24.6 Å². The average Bonchev–Trinajstić information content (AvgIpc) is 2.72. The van der Waals surface area contributed by atoms with Gasteiger partial charge in [0.1, 0.15) is 11.4 Å². The van der Waals surface area contributed by atoms with Gasteiger partial charge in [-0.2, -0.15) is 0 Å². The Morgan fingerprint density at radius 2 is 1.97 bits per heavy atom. The molecule has 2 heterocycles. The number of ether oxygens (including phenoxy) is 1. The van der Waals surface area contributed by atoms with Crippen molar-refractivity contribution in [2.45, 2.75) is 43.3 Å². The first-order valence-corrected chi connectivity index (χ1v) is 11.5. The molecule has 2 atom stereocenters. The topological polar surface area (TPSA) is 72.7 Å². The van der Waals surface area contributed by atoms with Crippen molar-refractivity contribution in [2.75, 3.05) is 26.2 Å². The molecule has 164 valence electrons. The predicted octanol–water partition coefficient (Wildman–Crippen LogP) is 5.05. The van der Waals surface area contributed by atoms with Gasteiger partial charge in [0.25, 0.3) is 0 Å². The number of aryl methyl sites for hydroxylation is 2. The standard InChI is InChI=1S/C24H28N2O4S/c1-16-6-8-19(9-7-16)31-24(14-25-10-4-5-17(2)13-25)15-30-22-20(23(24)27)11-18(3)12-21(22)26(28)29/h6-9,11-12,17H,4-5,10,13-15H2,1-3H3/t17-,24-/m1/s1. The summed E-state index contributed by atoms with van der Waals surface area (Å²) in [6.45, 7) is 8.64. The van der Waals surface area contributed by atoms with Crippen molar-refractivity contribution in [1.82, 2.24) is 4.90 Å². The van der Waals surface area contributed by atoms with Gasteiger partial charge in [-0.3, -0.25) is 14.9 Å². The van der Waals surface area contributed by atoms with E-state index in [1.54, 1.807) is 13.0 Å². The highest BCUT2D eigenvalue weighted by Gasteiger charge is 2.48. The Bertz CT molecular complexity index is 1010. The number of hydrogen-bond acceptors (Lipinski definition) is 6. The van der Waals surface area contributed by atoms with E-state index in [9.17, 15) is 14.9 Å². The number of Topliss-reactive ketones (excluding diaryl/α,β-unsaturated/α-hetero) is 1. The molecule has 2 aromatic rings. The number of nitrogens with zero attached hydrogens (tertiary/aromatic N) is 2. The Balaban J connectivity index is 1.74. The number of ketones is 1. The summed E-state index contributed by atoms with van der Waals surface area (Å²) in [6.07, 6.45) is 2.32. The zero-order chi connectivity index (χ0) is 22.2. The summed E-state index contributed by atoms with van der Waals surface area (Å²) < 4.78 is 5.17. The number of fused-ring (bicyclic) bond motifs is 1. The van der Waals surface area contributed by atoms with E-state index in [0.29, 0.717) is 23.6 Å². The lowest BCUT2D eigenvalue weighted by molar-refractivity contribution is -0.386. The maximum Gasteiger partial charge on any atom is 0.311 e. The van der Waals surface area contributed by atoms with Crippen molar-refractivity contribution in [1.29, 1.82) is 0 Å². The molecule has 2 aliphatic rings. The molecule has 7 heteroatoms. The monoisotopic (exact) mass is 440 g/mol. The molecule has 0 spiro atoms. The van der Waals surface area contributed by atoms with E-state index in [4.69, 9.17) is 4.74 Å². The molecule has 0 unspecified atom stereocenters. The number of piperidine rings is 1. The number of benzene rings is 2. The quantitative estimate of drug-likeness (QED) is 0.479. The van der Waals surface area contributed by atoms with Crippen LogP contribution in [0.2, 0.25) is 0 Å². The molecule has 0 N–H and O–H groups in total. The lowest BCUT2D eigenvalue weighted by Gasteiger charge is -2.41. The third-order valence-corrected chi connectivity index (χ3v) is 7.40. The summed E-state index contributed by atoms with van der Waals surface area (Å²) in [6, 6.07) is 11.3. The highest BCUT2D eigenvalue weighted by molar-refractivity contribution is 8.01. The Kier molecular flexibility index (Phi) is 6.08. The molecular weight excluding hydrogens is 412 g/mol.